The summed E-state index contributed by atoms with van der Waals surface area (Å²) in [7, 11) is 0. The van der Waals surface area contributed by atoms with Crippen LogP contribution in [0.25, 0.3) is 11.0 Å². The number of aromatic amines is 1. The Balaban J connectivity index is 1.42. The van der Waals surface area contributed by atoms with E-state index in [1.807, 2.05) is 18.3 Å². The van der Waals surface area contributed by atoms with E-state index in [9.17, 15) is 0 Å². The number of para-hydroxylation sites is 2. The van der Waals surface area contributed by atoms with Gasteiger partial charge in [0.25, 0.3) is 0 Å². The Morgan fingerprint density at radius 3 is 2.91 bits per heavy atom. The summed E-state index contributed by atoms with van der Waals surface area (Å²) in [4.78, 5) is 15.3. The van der Waals surface area contributed by atoms with E-state index >= 15 is 0 Å². The quantitative estimate of drug-likeness (QED) is 0.803. The fourth-order valence-electron chi connectivity index (χ4n) is 3.47. The normalized spacial score (nSPS) is 19.2. The predicted molar refractivity (Wildman–Crippen MR) is 92.4 cm³/mol. The number of fused-ring (bicyclic) bond motifs is 1. The Labute approximate surface area is 136 Å². The number of H-pyrrole nitrogens is 1. The number of aromatic nitrogens is 3. The van der Waals surface area contributed by atoms with Gasteiger partial charge in [-0.2, -0.15) is 0 Å². The molecule has 1 saturated heterocycles. The van der Waals surface area contributed by atoms with Crippen molar-refractivity contribution < 1.29 is 0 Å². The lowest BCUT2D eigenvalue weighted by Gasteiger charge is -2.31. The average Bonchev–Trinajstić information content (AvgIpc) is 3.05. The topological polar surface area (TPSA) is 44.8 Å². The molecule has 0 aliphatic carbocycles. The Morgan fingerprint density at radius 1 is 1.13 bits per heavy atom. The van der Waals surface area contributed by atoms with E-state index < -0.39 is 0 Å². The van der Waals surface area contributed by atoms with Crippen molar-refractivity contribution in [2.45, 2.75) is 25.2 Å². The summed E-state index contributed by atoms with van der Waals surface area (Å²) in [6.07, 6.45) is 5.36. The van der Waals surface area contributed by atoms with Gasteiger partial charge < -0.3 is 9.88 Å². The number of imidazole rings is 1. The van der Waals surface area contributed by atoms with E-state index in [-0.39, 0.29) is 0 Å². The standard InChI is InChI=1S/C19H22N4/c1-2-9-18-17(8-1)21-19(22-18)15-6-5-12-23(14-15)13-10-16-7-3-4-11-20-16/h1-4,7-9,11,15H,5-6,10,12-14H2,(H,21,22)/t15-/m0/s1. The molecule has 1 atom stereocenters. The van der Waals surface area contributed by atoms with Crippen LogP contribution >= 0.6 is 0 Å². The van der Waals surface area contributed by atoms with Crippen molar-refractivity contribution in [2.75, 3.05) is 19.6 Å². The van der Waals surface area contributed by atoms with Gasteiger partial charge in [0.2, 0.25) is 0 Å². The molecule has 1 fully saturated rings. The molecule has 3 heterocycles. The molecule has 1 aliphatic heterocycles. The number of pyridine rings is 1. The SMILES string of the molecule is c1ccc(CCN2CCC[C@H](c3nc4ccccc4[nH]3)C2)nc1. The minimum atomic E-state index is 0.514. The van der Waals surface area contributed by atoms with Crippen LogP contribution in [0.2, 0.25) is 0 Å². The molecule has 4 rings (SSSR count). The van der Waals surface area contributed by atoms with Gasteiger partial charge in [0, 0.05) is 37.3 Å². The van der Waals surface area contributed by atoms with E-state index in [1.54, 1.807) is 0 Å². The van der Waals surface area contributed by atoms with Crippen LogP contribution in [-0.4, -0.2) is 39.5 Å². The molecule has 0 amide bonds. The molecule has 0 spiro atoms. The highest BCUT2D eigenvalue weighted by atomic mass is 15.1. The number of hydrogen-bond acceptors (Lipinski definition) is 3. The van der Waals surface area contributed by atoms with Gasteiger partial charge in [0.05, 0.1) is 11.0 Å². The van der Waals surface area contributed by atoms with Gasteiger partial charge in [0.15, 0.2) is 0 Å². The molecule has 0 bridgehead atoms. The summed E-state index contributed by atoms with van der Waals surface area (Å²) in [6.45, 7) is 3.35. The molecule has 118 valence electrons. The summed E-state index contributed by atoms with van der Waals surface area (Å²) in [6, 6.07) is 14.4. The van der Waals surface area contributed by atoms with Crippen LogP contribution in [0.3, 0.4) is 0 Å². The lowest BCUT2D eigenvalue weighted by molar-refractivity contribution is 0.206. The minimum Gasteiger partial charge on any atom is -0.342 e. The number of rotatable bonds is 4. The molecule has 1 aromatic carbocycles. The smallest absolute Gasteiger partial charge is 0.111 e. The van der Waals surface area contributed by atoms with E-state index in [2.05, 4.69) is 45.2 Å². The van der Waals surface area contributed by atoms with Crippen molar-refractivity contribution in [3.63, 3.8) is 0 Å². The molecule has 2 aromatic heterocycles. The summed E-state index contributed by atoms with van der Waals surface area (Å²) in [5.41, 5.74) is 3.40. The van der Waals surface area contributed by atoms with Gasteiger partial charge in [0.1, 0.15) is 5.82 Å². The second-order valence-corrected chi connectivity index (χ2v) is 6.35. The van der Waals surface area contributed by atoms with Crippen molar-refractivity contribution in [1.82, 2.24) is 19.9 Å². The van der Waals surface area contributed by atoms with Crippen LogP contribution in [0, 0.1) is 0 Å². The Hall–Kier alpha value is -2.20. The van der Waals surface area contributed by atoms with Gasteiger partial charge in [-0.25, -0.2) is 4.98 Å². The molecule has 23 heavy (non-hydrogen) atoms. The minimum absolute atomic E-state index is 0.514. The first-order chi connectivity index (χ1) is 11.4. The van der Waals surface area contributed by atoms with Crippen LogP contribution in [-0.2, 0) is 6.42 Å². The Kier molecular flexibility index (Phi) is 4.07. The van der Waals surface area contributed by atoms with Crippen LogP contribution in [0.15, 0.2) is 48.7 Å². The van der Waals surface area contributed by atoms with E-state index in [1.165, 1.54) is 25.1 Å². The zero-order valence-electron chi connectivity index (χ0n) is 13.3. The molecular weight excluding hydrogens is 284 g/mol. The molecule has 0 saturated carbocycles. The highest BCUT2D eigenvalue weighted by molar-refractivity contribution is 5.74. The van der Waals surface area contributed by atoms with Gasteiger partial charge in [-0.3, -0.25) is 4.98 Å². The summed E-state index contributed by atoms with van der Waals surface area (Å²) >= 11 is 0. The second-order valence-electron chi connectivity index (χ2n) is 6.35. The van der Waals surface area contributed by atoms with Crippen LogP contribution in [0.5, 0.6) is 0 Å². The molecule has 4 heteroatoms. The second kappa shape index (κ2) is 6.50. The van der Waals surface area contributed by atoms with Crippen molar-refractivity contribution >= 4 is 11.0 Å². The third-order valence-corrected chi connectivity index (χ3v) is 4.71. The average molecular weight is 306 g/mol. The van der Waals surface area contributed by atoms with Crippen LogP contribution < -0.4 is 0 Å². The van der Waals surface area contributed by atoms with Gasteiger partial charge in [-0.15, -0.1) is 0 Å². The molecule has 0 radical (unpaired) electrons. The molecule has 4 nitrogen and oxygen atoms in total. The Morgan fingerprint density at radius 2 is 2.04 bits per heavy atom. The van der Waals surface area contributed by atoms with Crippen molar-refractivity contribution in [3.8, 4) is 0 Å². The number of nitrogens with zero attached hydrogens (tertiary/aromatic N) is 3. The number of nitrogens with one attached hydrogen (secondary N) is 1. The first kappa shape index (κ1) is 14.4. The highest BCUT2D eigenvalue weighted by Crippen LogP contribution is 2.26. The number of benzene rings is 1. The van der Waals surface area contributed by atoms with Crippen molar-refractivity contribution in [2.24, 2.45) is 0 Å². The Bertz CT molecular complexity index is 732. The number of hydrogen-bond donors (Lipinski definition) is 1. The molecular formula is C19H22N4. The van der Waals surface area contributed by atoms with Crippen molar-refractivity contribution in [1.29, 1.82) is 0 Å². The monoisotopic (exact) mass is 306 g/mol. The van der Waals surface area contributed by atoms with E-state index in [0.717, 1.165) is 36.4 Å². The summed E-state index contributed by atoms with van der Waals surface area (Å²) < 4.78 is 0. The maximum atomic E-state index is 4.79. The first-order valence-corrected chi connectivity index (χ1v) is 8.45. The largest absolute Gasteiger partial charge is 0.342 e. The summed E-state index contributed by atoms with van der Waals surface area (Å²) in [5.74, 6) is 1.66. The molecule has 1 aliphatic rings. The number of likely N-dealkylation sites (tertiary alicyclic amines) is 1. The van der Waals surface area contributed by atoms with Gasteiger partial charge >= 0.3 is 0 Å². The lowest BCUT2D eigenvalue weighted by atomic mass is 9.97. The van der Waals surface area contributed by atoms with Gasteiger partial charge in [-0.05, 0) is 43.7 Å². The summed E-state index contributed by atoms with van der Waals surface area (Å²) in [5, 5.41) is 0. The predicted octanol–water partition coefficient (Wildman–Crippen LogP) is 3.38. The third-order valence-electron chi connectivity index (χ3n) is 4.71. The van der Waals surface area contributed by atoms with Crippen molar-refractivity contribution in [3.05, 3.63) is 60.2 Å². The van der Waals surface area contributed by atoms with E-state index in [4.69, 9.17) is 4.98 Å². The van der Waals surface area contributed by atoms with Crippen LogP contribution in [0.4, 0.5) is 0 Å². The molecule has 0 unspecified atom stereocenters. The van der Waals surface area contributed by atoms with Gasteiger partial charge in [-0.1, -0.05) is 18.2 Å². The fourth-order valence-corrected chi connectivity index (χ4v) is 3.47. The first-order valence-electron chi connectivity index (χ1n) is 8.45. The molecule has 1 N–H and O–H groups in total. The fraction of sp³-hybridized carbons (Fsp3) is 0.368. The zero-order chi connectivity index (χ0) is 15.5. The lowest BCUT2D eigenvalue weighted by Crippen LogP contribution is -2.36. The van der Waals surface area contributed by atoms with E-state index in [0.29, 0.717) is 5.92 Å². The van der Waals surface area contributed by atoms with Crippen LogP contribution in [0.1, 0.15) is 30.3 Å². The maximum Gasteiger partial charge on any atom is 0.111 e. The number of piperidine rings is 1. The zero-order valence-corrected chi connectivity index (χ0v) is 13.3. The highest BCUT2D eigenvalue weighted by Gasteiger charge is 2.23. The third kappa shape index (κ3) is 3.27. The maximum absolute atomic E-state index is 4.79. The molecule has 3 aromatic rings.